The largest absolute Gasteiger partial charge is 0.389 e. The molecule has 2 nitrogen and oxygen atoms in total. The van der Waals surface area contributed by atoms with Crippen molar-refractivity contribution in [2.75, 3.05) is 6.61 Å². The minimum atomic E-state index is -0.388. The Morgan fingerprint density at radius 3 is 2.42 bits per heavy atom. The van der Waals surface area contributed by atoms with E-state index in [4.69, 9.17) is 4.74 Å². The molecule has 0 radical (unpaired) electrons. The molecule has 5 aliphatic rings. The molecule has 0 aromatic rings. The molecule has 148 valence electrons. The zero-order valence-corrected chi connectivity index (χ0v) is 17.5. The van der Waals surface area contributed by atoms with Gasteiger partial charge in [-0.2, -0.15) is 0 Å². The van der Waals surface area contributed by atoms with Gasteiger partial charge in [0.2, 0.25) is 0 Å². The van der Waals surface area contributed by atoms with E-state index in [0.29, 0.717) is 5.41 Å². The van der Waals surface area contributed by atoms with E-state index in [-0.39, 0.29) is 16.6 Å². The summed E-state index contributed by atoms with van der Waals surface area (Å²) in [7, 11) is 0. The van der Waals surface area contributed by atoms with Crippen LogP contribution in [-0.2, 0) is 4.74 Å². The summed E-state index contributed by atoms with van der Waals surface area (Å²) >= 11 is 0. The Bertz CT molecular complexity index is 583. The number of ether oxygens (including phenoxy) is 1. The van der Waals surface area contributed by atoms with Crippen LogP contribution in [0.2, 0.25) is 0 Å². The normalized spacial score (nSPS) is 61.0. The third-order valence-electron chi connectivity index (χ3n) is 10.8. The average molecular weight is 361 g/mol. The van der Waals surface area contributed by atoms with Crippen LogP contribution >= 0.6 is 0 Å². The summed E-state index contributed by atoms with van der Waals surface area (Å²) in [5, 5.41) is 11.5. The average Bonchev–Trinajstić information content (AvgIpc) is 3.31. The summed E-state index contributed by atoms with van der Waals surface area (Å²) < 4.78 is 5.99. The van der Waals surface area contributed by atoms with Crippen LogP contribution in [0.15, 0.2) is 0 Å². The van der Waals surface area contributed by atoms with Crippen molar-refractivity contribution in [1.82, 2.24) is 0 Å². The third kappa shape index (κ3) is 2.12. The van der Waals surface area contributed by atoms with Gasteiger partial charge < -0.3 is 9.84 Å². The lowest BCUT2D eigenvalue weighted by Gasteiger charge is -2.62. The fourth-order valence-corrected chi connectivity index (χ4v) is 9.08. The second-order valence-corrected chi connectivity index (χ2v) is 11.6. The molecule has 0 amide bonds. The van der Waals surface area contributed by atoms with Gasteiger partial charge >= 0.3 is 0 Å². The fraction of sp³-hybridized carbons (Fsp3) is 1.00. The minimum absolute atomic E-state index is 0.175. The van der Waals surface area contributed by atoms with E-state index in [1.165, 1.54) is 44.9 Å². The van der Waals surface area contributed by atoms with Crippen molar-refractivity contribution in [3.8, 4) is 0 Å². The lowest BCUT2D eigenvalue weighted by Crippen LogP contribution is -2.58. The van der Waals surface area contributed by atoms with E-state index >= 15 is 0 Å². The van der Waals surface area contributed by atoms with Crippen LogP contribution in [-0.4, -0.2) is 22.9 Å². The Labute approximate surface area is 160 Å². The van der Waals surface area contributed by atoms with Crippen LogP contribution < -0.4 is 0 Å². The van der Waals surface area contributed by atoms with E-state index in [2.05, 4.69) is 27.7 Å². The molecule has 1 aliphatic heterocycles. The molecular weight excluding hydrogens is 320 g/mol. The van der Waals surface area contributed by atoms with E-state index < -0.39 is 0 Å². The number of rotatable bonds is 2. The predicted octanol–water partition coefficient (Wildman–Crippen LogP) is 5.58. The molecule has 4 aliphatic carbocycles. The predicted molar refractivity (Wildman–Crippen MR) is 105 cm³/mol. The maximum absolute atomic E-state index is 11.5. The third-order valence-corrected chi connectivity index (χ3v) is 10.8. The molecule has 1 N–H and O–H groups in total. The van der Waals surface area contributed by atoms with E-state index in [0.717, 1.165) is 55.5 Å². The van der Waals surface area contributed by atoms with Gasteiger partial charge in [-0.3, -0.25) is 0 Å². The molecule has 5 fully saturated rings. The molecule has 5 rings (SSSR count). The van der Waals surface area contributed by atoms with Crippen LogP contribution in [0.5, 0.6) is 0 Å². The van der Waals surface area contributed by atoms with Gasteiger partial charge in [0, 0.05) is 0 Å². The summed E-state index contributed by atoms with van der Waals surface area (Å²) in [6.07, 6.45) is 12.6. The summed E-state index contributed by atoms with van der Waals surface area (Å²) in [4.78, 5) is 0. The van der Waals surface area contributed by atoms with Crippen LogP contribution in [0.25, 0.3) is 0 Å². The maximum atomic E-state index is 11.5. The molecule has 3 unspecified atom stereocenters. The zero-order chi connectivity index (χ0) is 18.4. The van der Waals surface area contributed by atoms with Gasteiger partial charge in [-0.25, -0.2) is 0 Å². The number of hydrogen-bond donors (Lipinski definition) is 1. The van der Waals surface area contributed by atoms with Crippen molar-refractivity contribution < 1.29 is 9.84 Å². The molecule has 0 aromatic heterocycles. The molecule has 0 bridgehead atoms. The topological polar surface area (TPSA) is 32.8 Å². The SMILES string of the molecule is CCC[C@]1(O)CCC2C3CC[C@H]4C[C@@]5(CO5)[C@H](C)C[C@]4(C)C3CC[C@@]21C. The van der Waals surface area contributed by atoms with Crippen molar-refractivity contribution in [3.05, 3.63) is 0 Å². The Morgan fingerprint density at radius 1 is 1.00 bits per heavy atom. The van der Waals surface area contributed by atoms with Gasteiger partial charge in [0.15, 0.2) is 0 Å². The first kappa shape index (κ1) is 18.0. The lowest BCUT2D eigenvalue weighted by molar-refractivity contribution is -0.163. The van der Waals surface area contributed by atoms with Crippen molar-refractivity contribution in [3.63, 3.8) is 0 Å². The van der Waals surface area contributed by atoms with E-state index in [1.54, 1.807) is 0 Å². The quantitative estimate of drug-likeness (QED) is 0.652. The Morgan fingerprint density at radius 2 is 1.73 bits per heavy atom. The molecule has 26 heavy (non-hydrogen) atoms. The molecule has 0 aromatic carbocycles. The number of epoxide rings is 1. The van der Waals surface area contributed by atoms with Gasteiger partial charge in [0.05, 0.1) is 17.8 Å². The van der Waals surface area contributed by atoms with Crippen molar-refractivity contribution >= 4 is 0 Å². The smallest absolute Gasteiger partial charge is 0.0944 e. The second-order valence-electron chi connectivity index (χ2n) is 11.6. The lowest BCUT2D eigenvalue weighted by atomic mass is 9.43. The molecule has 4 saturated carbocycles. The van der Waals surface area contributed by atoms with Crippen LogP contribution in [0.1, 0.15) is 91.9 Å². The van der Waals surface area contributed by atoms with Crippen molar-refractivity contribution in [2.45, 2.75) is 103 Å². The van der Waals surface area contributed by atoms with Crippen LogP contribution in [0.4, 0.5) is 0 Å². The fourth-order valence-electron chi connectivity index (χ4n) is 9.08. The Balaban J connectivity index is 1.43. The summed E-state index contributed by atoms with van der Waals surface area (Å²) in [6, 6.07) is 0. The van der Waals surface area contributed by atoms with Crippen molar-refractivity contribution in [1.29, 1.82) is 0 Å². The van der Waals surface area contributed by atoms with Crippen LogP contribution in [0.3, 0.4) is 0 Å². The number of hydrogen-bond acceptors (Lipinski definition) is 2. The Kier molecular flexibility index (Phi) is 3.80. The highest BCUT2D eigenvalue weighted by Gasteiger charge is 2.67. The first-order valence-corrected chi connectivity index (χ1v) is 11.6. The summed E-state index contributed by atoms with van der Waals surface area (Å²) in [6.45, 7) is 10.8. The molecule has 2 heteroatoms. The second kappa shape index (κ2) is 5.50. The van der Waals surface area contributed by atoms with Crippen LogP contribution in [0, 0.1) is 40.4 Å². The monoisotopic (exact) mass is 360 g/mol. The first-order valence-electron chi connectivity index (χ1n) is 11.6. The molecule has 1 spiro atoms. The van der Waals surface area contributed by atoms with Gasteiger partial charge in [-0.05, 0) is 98.2 Å². The minimum Gasteiger partial charge on any atom is -0.389 e. The van der Waals surface area contributed by atoms with E-state index in [9.17, 15) is 5.11 Å². The number of fused-ring (bicyclic) bond motifs is 5. The maximum Gasteiger partial charge on any atom is 0.0944 e. The van der Waals surface area contributed by atoms with Crippen molar-refractivity contribution in [2.24, 2.45) is 40.4 Å². The molecule has 1 saturated heterocycles. The Hall–Kier alpha value is -0.0800. The first-order chi connectivity index (χ1) is 12.3. The van der Waals surface area contributed by atoms with Gasteiger partial charge in [0.25, 0.3) is 0 Å². The van der Waals surface area contributed by atoms with Gasteiger partial charge in [-0.15, -0.1) is 0 Å². The molecule has 1 heterocycles. The highest BCUT2D eigenvalue weighted by atomic mass is 16.6. The zero-order valence-electron chi connectivity index (χ0n) is 17.5. The summed E-state index contributed by atoms with van der Waals surface area (Å²) in [5.41, 5.74) is 0.580. The molecule has 9 atom stereocenters. The standard InChI is InChI=1S/C24H40O2/c1-5-10-24(25)12-9-20-18-7-6-17-14-23(15-26-23)16(2)13-21(17,3)19(18)8-11-22(20,24)4/h16-20,25H,5-15H2,1-4H3/t16-,17+,18?,19?,20?,21+,22+,23-,24+/m1/s1. The van der Waals surface area contributed by atoms with Gasteiger partial charge in [-0.1, -0.05) is 34.1 Å². The molecular formula is C24H40O2. The highest BCUT2D eigenvalue weighted by molar-refractivity contribution is 5.16. The number of aliphatic hydroxyl groups is 1. The summed E-state index contributed by atoms with van der Waals surface area (Å²) in [5.74, 6) is 4.13. The highest BCUT2D eigenvalue weighted by Crippen LogP contribution is 2.70. The van der Waals surface area contributed by atoms with Gasteiger partial charge in [0.1, 0.15) is 0 Å². The van der Waals surface area contributed by atoms with E-state index in [1.807, 2.05) is 0 Å².